The second-order valence-electron chi connectivity index (χ2n) is 6.10. The van der Waals surface area contributed by atoms with Gasteiger partial charge in [-0.3, -0.25) is 0 Å². The van der Waals surface area contributed by atoms with Crippen LogP contribution in [0.15, 0.2) is 60.7 Å². The Balaban J connectivity index is 0.000000413. The number of carboxylic acid groups (broad SMARTS) is 1. The van der Waals surface area contributed by atoms with Gasteiger partial charge in [-0.25, -0.2) is 4.79 Å². The molecule has 0 aliphatic heterocycles. The standard InChI is InChI=1S/C15H14O3.C4H12N2/c16-14(17)11-18-15(12-7-3-1-4-8-12)13-9-5-2-6-10-13;1-4(2,6)3-5/h1-10,15H,11H2,(H,16,17);3,5-6H2,1-2H3. The molecule has 0 spiro atoms. The molecule has 0 atom stereocenters. The van der Waals surface area contributed by atoms with E-state index in [9.17, 15) is 4.79 Å². The zero-order valence-corrected chi connectivity index (χ0v) is 14.2. The third kappa shape index (κ3) is 7.87. The monoisotopic (exact) mass is 330 g/mol. The van der Waals surface area contributed by atoms with Gasteiger partial charge in [-0.2, -0.15) is 0 Å². The minimum atomic E-state index is -0.966. The molecule has 5 heteroatoms. The third-order valence-electron chi connectivity index (χ3n) is 3.10. The van der Waals surface area contributed by atoms with E-state index >= 15 is 0 Å². The fraction of sp³-hybridized carbons (Fsp3) is 0.316. The Morgan fingerprint density at radius 2 is 1.42 bits per heavy atom. The zero-order chi connectivity index (χ0) is 18.0. The van der Waals surface area contributed by atoms with E-state index in [1.807, 2.05) is 74.5 Å². The van der Waals surface area contributed by atoms with Crippen molar-refractivity contribution in [3.63, 3.8) is 0 Å². The summed E-state index contributed by atoms with van der Waals surface area (Å²) in [6.45, 7) is 4.03. The number of rotatable bonds is 6. The second kappa shape index (κ2) is 9.82. The molecular formula is C19H26N2O3. The fourth-order valence-electron chi connectivity index (χ4n) is 1.80. The molecule has 5 nitrogen and oxygen atoms in total. The number of carboxylic acids is 1. The molecule has 130 valence electrons. The molecule has 0 unspecified atom stereocenters. The van der Waals surface area contributed by atoms with Gasteiger partial charge >= 0.3 is 5.97 Å². The van der Waals surface area contributed by atoms with Crippen molar-refractivity contribution in [3.8, 4) is 0 Å². The van der Waals surface area contributed by atoms with Crippen molar-refractivity contribution in [1.29, 1.82) is 0 Å². The zero-order valence-electron chi connectivity index (χ0n) is 14.2. The molecule has 24 heavy (non-hydrogen) atoms. The van der Waals surface area contributed by atoms with Crippen molar-refractivity contribution < 1.29 is 14.6 Å². The largest absolute Gasteiger partial charge is 0.480 e. The minimum Gasteiger partial charge on any atom is -0.480 e. The van der Waals surface area contributed by atoms with Gasteiger partial charge in [0.05, 0.1) is 0 Å². The lowest BCUT2D eigenvalue weighted by Gasteiger charge is -2.17. The van der Waals surface area contributed by atoms with E-state index in [1.54, 1.807) is 0 Å². The first-order chi connectivity index (χ1) is 11.3. The minimum absolute atomic E-state index is 0.181. The number of ether oxygens (including phenoxy) is 1. The Hall–Kier alpha value is -2.21. The summed E-state index contributed by atoms with van der Waals surface area (Å²) in [5, 5.41) is 8.73. The fourth-order valence-corrected chi connectivity index (χ4v) is 1.80. The molecule has 0 aliphatic carbocycles. The van der Waals surface area contributed by atoms with Gasteiger partial charge in [0.15, 0.2) is 0 Å². The third-order valence-corrected chi connectivity index (χ3v) is 3.10. The van der Waals surface area contributed by atoms with Crippen molar-refractivity contribution in [2.45, 2.75) is 25.5 Å². The maximum atomic E-state index is 10.6. The Kier molecular flexibility index (Phi) is 8.12. The average molecular weight is 330 g/mol. The van der Waals surface area contributed by atoms with Gasteiger partial charge in [-0.1, -0.05) is 60.7 Å². The quantitative estimate of drug-likeness (QED) is 0.756. The Morgan fingerprint density at radius 1 is 1.04 bits per heavy atom. The molecule has 0 saturated carbocycles. The lowest BCUT2D eigenvalue weighted by molar-refractivity contribution is -0.143. The second-order valence-corrected chi connectivity index (χ2v) is 6.10. The van der Waals surface area contributed by atoms with Crippen LogP contribution >= 0.6 is 0 Å². The summed E-state index contributed by atoms with van der Waals surface area (Å²) >= 11 is 0. The summed E-state index contributed by atoms with van der Waals surface area (Å²) in [5.41, 5.74) is 12.3. The van der Waals surface area contributed by atoms with Crippen molar-refractivity contribution in [2.24, 2.45) is 11.5 Å². The summed E-state index contributed by atoms with van der Waals surface area (Å²) in [6, 6.07) is 19.2. The number of benzene rings is 2. The molecule has 2 aromatic rings. The summed E-state index contributed by atoms with van der Waals surface area (Å²) in [4.78, 5) is 10.6. The molecule has 0 fully saturated rings. The number of hydrogen-bond donors (Lipinski definition) is 3. The SMILES string of the molecule is CC(C)(N)CN.O=C(O)COC(c1ccccc1)c1ccccc1. The normalized spacial score (nSPS) is 10.9. The van der Waals surface area contributed by atoms with E-state index in [4.69, 9.17) is 21.3 Å². The van der Waals surface area contributed by atoms with E-state index < -0.39 is 5.97 Å². The molecule has 0 amide bonds. The van der Waals surface area contributed by atoms with Gasteiger partial charge in [0.1, 0.15) is 12.7 Å². The summed E-state index contributed by atoms with van der Waals surface area (Å²) < 4.78 is 5.48. The molecular weight excluding hydrogens is 304 g/mol. The smallest absolute Gasteiger partial charge is 0.329 e. The summed E-state index contributed by atoms with van der Waals surface area (Å²) in [5.74, 6) is -0.966. The van der Waals surface area contributed by atoms with Gasteiger partial charge in [0, 0.05) is 12.1 Å². The van der Waals surface area contributed by atoms with E-state index in [2.05, 4.69) is 0 Å². The van der Waals surface area contributed by atoms with Crippen molar-refractivity contribution in [3.05, 3.63) is 71.8 Å². The molecule has 5 N–H and O–H groups in total. The lowest BCUT2D eigenvalue weighted by Crippen LogP contribution is -2.40. The molecule has 0 saturated heterocycles. The molecule has 2 rings (SSSR count). The van der Waals surface area contributed by atoms with E-state index in [0.717, 1.165) is 11.1 Å². The van der Waals surface area contributed by atoms with Crippen LogP contribution in [-0.2, 0) is 9.53 Å². The number of carbonyl (C=O) groups is 1. The average Bonchev–Trinajstić information content (AvgIpc) is 2.57. The van der Waals surface area contributed by atoms with Gasteiger partial charge in [0.2, 0.25) is 0 Å². The van der Waals surface area contributed by atoms with Crippen LogP contribution in [0.25, 0.3) is 0 Å². The molecule has 0 aliphatic rings. The van der Waals surface area contributed by atoms with Crippen LogP contribution < -0.4 is 11.5 Å². The van der Waals surface area contributed by atoms with Crippen LogP contribution in [-0.4, -0.2) is 29.8 Å². The van der Waals surface area contributed by atoms with Gasteiger partial charge in [0.25, 0.3) is 0 Å². The van der Waals surface area contributed by atoms with Gasteiger partial charge in [-0.05, 0) is 25.0 Å². The van der Waals surface area contributed by atoms with Crippen molar-refractivity contribution in [1.82, 2.24) is 0 Å². The Labute approximate surface area is 143 Å². The van der Waals surface area contributed by atoms with Crippen LogP contribution in [0.3, 0.4) is 0 Å². The van der Waals surface area contributed by atoms with Gasteiger partial charge in [-0.15, -0.1) is 0 Å². The maximum Gasteiger partial charge on any atom is 0.329 e. The van der Waals surface area contributed by atoms with Crippen LogP contribution in [0.1, 0.15) is 31.1 Å². The summed E-state index contributed by atoms with van der Waals surface area (Å²) in [7, 11) is 0. The van der Waals surface area contributed by atoms with E-state index in [-0.39, 0.29) is 18.2 Å². The van der Waals surface area contributed by atoms with Crippen LogP contribution in [0.5, 0.6) is 0 Å². The van der Waals surface area contributed by atoms with Crippen molar-refractivity contribution >= 4 is 5.97 Å². The number of nitrogens with two attached hydrogens (primary N) is 2. The van der Waals surface area contributed by atoms with Crippen LogP contribution in [0.2, 0.25) is 0 Å². The first-order valence-electron chi connectivity index (χ1n) is 7.75. The maximum absolute atomic E-state index is 10.6. The Morgan fingerprint density at radius 3 is 1.71 bits per heavy atom. The molecule has 2 aromatic carbocycles. The lowest BCUT2D eigenvalue weighted by atomic mass is 10.0. The van der Waals surface area contributed by atoms with Crippen LogP contribution in [0.4, 0.5) is 0 Å². The number of aliphatic carboxylic acids is 1. The highest BCUT2D eigenvalue weighted by Crippen LogP contribution is 2.25. The van der Waals surface area contributed by atoms with E-state index in [0.29, 0.717) is 6.54 Å². The molecule has 0 aromatic heterocycles. The topological polar surface area (TPSA) is 98.6 Å². The van der Waals surface area contributed by atoms with Crippen molar-refractivity contribution in [2.75, 3.05) is 13.2 Å². The highest BCUT2D eigenvalue weighted by molar-refractivity contribution is 5.68. The highest BCUT2D eigenvalue weighted by atomic mass is 16.5. The first kappa shape index (κ1) is 19.8. The summed E-state index contributed by atoms with van der Waals surface area (Å²) in [6.07, 6.45) is -0.344. The van der Waals surface area contributed by atoms with E-state index in [1.165, 1.54) is 0 Å². The Bertz CT molecular complexity index is 556. The molecule has 0 bridgehead atoms. The highest BCUT2D eigenvalue weighted by Gasteiger charge is 2.15. The predicted octanol–water partition coefficient (Wildman–Crippen LogP) is 2.56. The molecule has 0 heterocycles. The molecule has 0 radical (unpaired) electrons. The number of hydrogen-bond acceptors (Lipinski definition) is 4. The van der Waals surface area contributed by atoms with Crippen LogP contribution in [0, 0.1) is 0 Å². The predicted molar refractivity (Wildman–Crippen MR) is 95.6 cm³/mol. The first-order valence-corrected chi connectivity index (χ1v) is 7.75. The van der Waals surface area contributed by atoms with Gasteiger partial charge < -0.3 is 21.3 Å².